The van der Waals surface area contributed by atoms with Crippen molar-refractivity contribution in [3.05, 3.63) is 0 Å². The monoisotopic (exact) mass is 241 g/mol. The SMILES string of the molecule is CCCOCCC(CC1CCCCC1)NCC. The topological polar surface area (TPSA) is 21.3 Å². The second-order valence-electron chi connectivity index (χ2n) is 5.40. The molecule has 1 rings (SSSR count). The third-order valence-corrected chi connectivity index (χ3v) is 3.79. The highest BCUT2D eigenvalue weighted by molar-refractivity contribution is 4.74. The van der Waals surface area contributed by atoms with Crippen LogP contribution in [0, 0.1) is 5.92 Å². The van der Waals surface area contributed by atoms with Gasteiger partial charge in [0.25, 0.3) is 0 Å². The largest absolute Gasteiger partial charge is 0.381 e. The average molecular weight is 241 g/mol. The lowest BCUT2D eigenvalue weighted by atomic mass is 9.84. The molecule has 0 bridgehead atoms. The van der Waals surface area contributed by atoms with Gasteiger partial charge in [0.2, 0.25) is 0 Å². The first-order valence-electron chi connectivity index (χ1n) is 7.68. The van der Waals surface area contributed by atoms with Gasteiger partial charge in [0.05, 0.1) is 0 Å². The van der Waals surface area contributed by atoms with Crippen molar-refractivity contribution in [1.82, 2.24) is 5.32 Å². The molecule has 1 unspecified atom stereocenters. The van der Waals surface area contributed by atoms with Crippen molar-refractivity contribution < 1.29 is 4.74 Å². The van der Waals surface area contributed by atoms with Gasteiger partial charge in [-0.2, -0.15) is 0 Å². The van der Waals surface area contributed by atoms with Gasteiger partial charge in [-0.05, 0) is 31.7 Å². The summed E-state index contributed by atoms with van der Waals surface area (Å²) >= 11 is 0. The third-order valence-electron chi connectivity index (χ3n) is 3.79. The highest BCUT2D eigenvalue weighted by Gasteiger charge is 2.18. The summed E-state index contributed by atoms with van der Waals surface area (Å²) in [5.74, 6) is 0.971. The zero-order valence-corrected chi connectivity index (χ0v) is 11.8. The van der Waals surface area contributed by atoms with E-state index < -0.39 is 0 Å². The van der Waals surface area contributed by atoms with Crippen LogP contribution in [0.3, 0.4) is 0 Å². The average Bonchev–Trinajstić information content (AvgIpc) is 2.36. The van der Waals surface area contributed by atoms with E-state index in [0.29, 0.717) is 6.04 Å². The molecule has 0 amide bonds. The molecule has 0 aromatic heterocycles. The molecule has 17 heavy (non-hydrogen) atoms. The van der Waals surface area contributed by atoms with Crippen LogP contribution in [0.25, 0.3) is 0 Å². The lowest BCUT2D eigenvalue weighted by Crippen LogP contribution is -2.32. The van der Waals surface area contributed by atoms with E-state index in [4.69, 9.17) is 4.74 Å². The summed E-state index contributed by atoms with van der Waals surface area (Å²) in [6.07, 6.45) is 11.0. The molecule has 0 aromatic rings. The van der Waals surface area contributed by atoms with Crippen LogP contribution in [-0.4, -0.2) is 25.8 Å². The molecule has 1 fully saturated rings. The van der Waals surface area contributed by atoms with E-state index in [9.17, 15) is 0 Å². The van der Waals surface area contributed by atoms with Crippen molar-refractivity contribution in [3.8, 4) is 0 Å². The van der Waals surface area contributed by atoms with Gasteiger partial charge in [0.15, 0.2) is 0 Å². The third kappa shape index (κ3) is 7.05. The maximum atomic E-state index is 5.61. The minimum atomic E-state index is 0.681. The first-order valence-corrected chi connectivity index (χ1v) is 7.68. The summed E-state index contributed by atoms with van der Waals surface area (Å²) in [5.41, 5.74) is 0. The van der Waals surface area contributed by atoms with Crippen molar-refractivity contribution in [2.75, 3.05) is 19.8 Å². The van der Waals surface area contributed by atoms with Crippen molar-refractivity contribution in [3.63, 3.8) is 0 Å². The quantitative estimate of drug-likeness (QED) is 0.621. The van der Waals surface area contributed by atoms with Crippen LogP contribution in [0.5, 0.6) is 0 Å². The van der Waals surface area contributed by atoms with Crippen LogP contribution < -0.4 is 5.32 Å². The van der Waals surface area contributed by atoms with Gasteiger partial charge in [0, 0.05) is 19.3 Å². The molecule has 102 valence electrons. The Morgan fingerprint density at radius 3 is 2.53 bits per heavy atom. The minimum absolute atomic E-state index is 0.681. The molecule has 0 spiro atoms. The van der Waals surface area contributed by atoms with Gasteiger partial charge < -0.3 is 10.1 Å². The molecule has 0 aromatic carbocycles. The van der Waals surface area contributed by atoms with Gasteiger partial charge in [-0.1, -0.05) is 46.0 Å². The molecule has 1 atom stereocenters. The lowest BCUT2D eigenvalue weighted by Gasteiger charge is -2.27. The van der Waals surface area contributed by atoms with Gasteiger partial charge in [0.1, 0.15) is 0 Å². The Balaban J connectivity index is 2.16. The van der Waals surface area contributed by atoms with Crippen molar-refractivity contribution in [2.24, 2.45) is 5.92 Å². The van der Waals surface area contributed by atoms with Crippen LogP contribution in [0.2, 0.25) is 0 Å². The first kappa shape index (κ1) is 15.0. The summed E-state index contributed by atoms with van der Waals surface area (Å²) in [6.45, 7) is 7.32. The fourth-order valence-corrected chi connectivity index (χ4v) is 2.89. The molecule has 2 heteroatoms. The van der Waals surface area contributed by atoms with E-state index in [2.05, 4.69) is 19.2 Å². The van der Waals surface area contributed by atoms with E-state index in [1.165, 1.54) is 44.9 Å². The molecular weight excluding hydrogens is 210 g/mol. The predicted molar refractivity (Wildman–Crippen MR) is 74.4 cm³/mol. The molecular formula is C15H31NO. The van der Waals surface area contributed by atoms with Gasteiger partial charge >= 0.3 is 0 Å². The Morgan fingerprint density at radius 1 is 1.12 bits per heavy atom. The highest BCUT2D eigenvalue weighted by Crippen LogP contribution is 2.27. The summed E-state index contributed by atoms with van der Waals surface area (Å²) in [5, 5.41) is 3.63. The Hall–Kier alpha value is -0.0800. The van der Waals surface area contributed by atoms with Crippen molar-refractivity contribution in [1.29, 1.82) is 0 Å². The second kappa shape index (κ2) is 9.90. The summed E-state index contributed by atoms with van der Waals surface area (Å²) in [7, 11) is 0. The van der Waals surface area contributed by atoms with Crippen LogP contribution >= 0.6 is 0 Å². The smallest absolute Gasteiger partial charge is 0.0480 e. The Kier molecular flexibility index (Phi) is 8.72. The van der Waals surface area contributed by atoms with Crippen LogP contribution in [0.4, 0.5) is 0 Å². The normalized spacial score (nSPS) is 19.4. The molecule has 1 aliphatic carbocycles. The summed E-state index contributed by atoms with van der Waals surface area (Å²) in [4.78, 5) is 0. The fourth-order valence-electron chi connectivity index (χ4n) is 2.89. The zero-order valence-electron chi connectivity index (χ0n) is 11.8. The molecule has 1 aliphatic rings. The number of nitrogens with one attached hydrogen (secondary N) is 1. The predicted octanol–water partition coefficient (Wildman–Crippen LogP) is 3.75. The maximum absolute atomic E-state index is 5.61. The Labute approximate surface area is 108 Å². The van der Waals surface area contributed by atoms with E-state index in [1.54, 1.807) is 0 Å². The number of ether oxygens (including phenoxy) is 1. The summed E-state index contributed by atoms with van der Waals surface area (Å²) < 4.78 is 5.61. The Bertz CT molecular complexity index is 166. The maximum Gasteiger partial charge on any atom is 0.0480 e. The van der Waals surface area contributed by atoms with Crippen molar-refractivity contribution in [2.45, 2.75) is 71.3 Å². The van der Waals surface area contributed by atoms with E-state index >= 15 is 0 Å². The van der Waals surface area contributed by atoms with Gasteiger partial charge in [-0.3, -0.25) is 0 Å². The number of hydrogen-bond acceptors (Lipinski definition) is 2. The fraction of sp³-hybridized carbons (Fsp3) is 1.00. The highest BCUT2D eigenvalue weighted by atomic mass is 16.5. The number of hydrogen-bond donors (Lipinski definition) is 1. The van der Waals surface area contributed by atoms with E-state index in [-0.39, 0.29) is 0 Å². The van der Waals surface area contributed by atoms with Crippen LogP contribution in [0.1, 0.15) is 65.2 Å². The van der Waals surface area contributed by atoms with Gasteiger partial charge in [-0.15, -0.1) is 0 Å². The summed E-state index contributed by atoms with van der Waals surface area (Å²) in [6, 6.07) is 0.681. The Morgan fingerprint density at radius 2 is 1.88 bits per heavy atom. The molecule has 0 aliphatic heterocycles. The molecule has 0 radical (unpaired) electrons. The van der Waals surface area contributed by atoms with Crippen molar-refractivity contribution >= 4 is 0 Å². The molecule has 1 N–H and O–H groups in total. The van der Waals surface area contributed by atoms with E-state index in [1.807, 2.05) is 0 Å². The second-order valence-corrected chi connectivity index (χ2v) is 5.40. The minimum Gasteiger partial charge on any atom is -0.381 e. The molecule has 0 saturated heterocycles. The van der Waals surface area contributed by atoms with E-state index in [0.717, 1.165) is 32.1 Å². The van der Waals surface area contributed by atoms with Crippen LogP contribution in [0.15, 0.2) is 0 Å². The van der Waals surface area contributed by atoms with Gasteiger partial charge in [-0.25, -0.2) is 0 Å². The standard InChI is InChI=1S/C15H31NO/c1-3-11-17-12-10-15(16-4-2)13-14-8-6-5-7-9-14/h14-16H,3-13H2,1-2H3. The molecule has 1 saturated carbocycles. The first-order chi connectivity index (χ1) is 8.36. The molecule has 2 nitrogen and oxygen atoms in total. The number of rotatable bonds is 9. The van der Waals surface area contributed by atoms with Crippen LogP contribution in [-0.2, 0) is 4.74 Å². The lowest BCUT2D eigenvalue weighted by molar-refractivity contribution is 0.120. The molecule has 0 heterocycles. The zero-order chi connectivity index (χ0) is 12.3.